The van der Waals surface area contributed by atoms with Crippen molar-refractivity contribution in [3.05, 3.63) is 28.2 Å². The van der Waals surface area contributed by atoms with Gasteiger partial charge in [-0.1, -0.05) is 23.2 Å². The van der Waals surface area contributed by atoms with Crippen molar-refractivity contribution in [3.63, 3.8) is 0 Å². The summed E-state index contributed by atoms with van der Waals surface area (Å²) in [5.41, 5.74) is 0.422. The maximum atomic E-state index is 12.7. The number of epoxide rings is 1. The second kappa shape index (κ2) is 3.79. The van der Waals surface area contributed by atoms with Crippen LogP contribution in [0.15, 0.2) is 18.2 Å². The Morgan fingerprint density at radius 2 is 1.29 bits per heavy atom. The number of nitrogens with zero attached hydrogens (tertiary/aromatic N) is 1. The Morgan fingerprint density at radius 3 is 1.81 bits per heavy atom. The molecule has 5 nitrogen and oxygen atoms in total. The van der Waals surface area contributed by atoms with Gasteiger partial charge in [-0.2, -0.15) is 0 Å². The highest BCUT2D eigenvalue weighted by Gasteiger charge is 2.75. The van der Waals surface area contributed by atoms with E-state index in [0.717, 1.165) is 0 Å². The van der Waals surface area contributed by atoms with E-state index in [1.807, 2.05) is 0 Å². The van der Waals surface area contributed by atoms with Gasteiger partial charge in [-0.15, -0.1) is 0 Å². The lowest BCUT2D eigenvalue weighted by atomic mass is 9.81. The van der Waals surface area contributed by atoms with Crippen molar-refractivity contribution in [1.82, 2.24) is 0 Å². The minimum Gasteiger partial charge on any atom is -0.368 e. The third kappa shape index (κ3) is 1.45. The summed E-state index contributed by atoms with van der Waals surface area (Å²) in [6.07, 6.45) is -0.617. The number of carbonyl (C=O) groups excluding carboxylic acids is 2. The summed E-state index contributed by atoms with van der Waals surface area (Å²) < 4.78 is 11.2. The van der Waals surface area contributed by atoms with Crippen molar-refractivity contribution in [2.24, 2.45) is 11.8 Å². The highest BCUT2D eigenvalue weighted by atomic mass is 35.5. The number of anilines is 1. The number of rotatable bonds is 1. The van der Waals surface area contributed by atoms with Gasteiger partial charge in [0, 0.05) is 10.0 Å². The zero-order valence-corrected chi connectivity index (χ0v) is 12.0. The van der Waals surface area contributed by atoms with E-state index in [1.165, 1.54) is 4.90 Å². The van der Waals surface area contributed by atoms with Gasteiger partial charge in [0.05, 0.1) is 29.7 Å². The van der Waals surface area contributed by atoms with E-state index in [4.69, 9.17) is 32.7 Å². The van der Waals surface area contributed by atoms with Crippen LogP contribution in [0.1, 0.15) is 0 Å². The van der Waals surface area contributed by atoms with Crippen LogP contribution in [-0.4, -0.2) is 36.2 Å². The largest absolute Gasteiger partial charge is 0.368 e. The Hall–Kier alpha value is -1.14. The molecule has 0 aliphatic carbocycles. The maximum absolute atomic E-state index is 12.7. The third-order valence-corrected chi connectivity index (χ3v) is 5.17. The molecular formula is C14H9Cl2NO4. The average molecular weight is 326 g/mol. The lowest BCUT2D eigenvalue weighted by Gasteiger charge is -2.18. The standard InChI is InChI=1S/C14H9Cl2NO4/c15-4-1-5(16)3-6(2-4)17-13(18)7-8(14(17)19)10-12-11(21-12)9(7)20-10/h1-3,7-12H/t7-,8+,9-,10+,11+,12-. The van der Waals surface area contributed by atoms with E-state index in [2.05, 4.69) is 0 Å². The molecule has 1 aromatic carbocycles. The van der Waals surface area contributed by atoms with Gasteiger partial charge in [0.2, 0.25) is 11.8 Å². The molecule has 5 rings (SSSR count). The number of benzene rings is 1. The van der Waals surface area contributed by atoms with E-state index in [1.54, 1.807) is 18.2 Å². The van der Waals surface area contributed by atoms with Gasteiger partial charge in [-0.25, -0.2) is 4.90 Å². The normalized spacial score (nSPS) is 42.5. The third-order valence-electron chi connectivity index (χ3n) is 4.73. The quantitative estimate of drug-likeness (QED) is 0.582. The fourth-order valence-electron chi connectivity index (χ4n) is 3.91. The Kier molecular flexibility index (Phi) is 2.24. The molecule has 4 aliphatic heterocycles. The monoisotopic (exact) mass is 325 g/mol. The Bertz CT molecular complexity index is 656. The highest BCUT2D eigenvalue weighted by Crippen LogP contribution is 2.57. The van der Waals surface area contributed by atoms with Crippen molar-refractivity contribution < 1.29 is 19.1 Å². The number of amides is 2. The van der Waals surface area contributed by atoms with Gasteiger partial charge in [0.25, 0.3) is 0 Å². The van der Waals surface area contributed by atoms with E-state index < -0.39 is 11.8 Å². The molecule has 21 heavy (non-hydrogen) atoms. The lowest BCUT2D eigenvalue weighted by Crippen LogP contribution is -2.35. The molecule has 2 amide bonds. The number of carbonyl (C=O) groups is 2. The molecule has 1 aromatic rings. The van der Waals surface area contributed by atoms with Crippen molar-refractivity contribution in [2.45, 2.75) is 24.4 Å². The van der Waals surface area contributed by atoms with Crippen LogP contribution in [0.4, 0.5) is 5.69 Å². The van der Waals surface area contributed by atoms with Gasteiger partial charge >= 0.3 is 0 Å². The Labute approximate surface area is 129 Å². The fraction of sp³-hybridized carbons (Fsp3) is 0.429. The first-order valence-electron chi connectivity index (χ1n) is 6.71. The van der Waals surface area contributed by atoms with Crippen LogP contribution < -0.4 is 4.90 Å². The predicted molar refractivity (Wildman–Crippen MR) is 73.3 cm³/mol. The first-order chi connectivity index (χ1) is 10.1. The molecule has 4 saturated heterocycles. The molecule has 4 fully saturated rings. The molecule has 4 heterocycles. The Balaban J connectivity index is 1.58. The number of hydrogen-bond donors (Lipinski definition) is 0. The molecular weight excluding hydrogens is 317 g/mol. The number of hydrogen-bond acceptors (Lipinski definition) is 4. The minimum atomic E-state index is -0.441. The van der Waals surface area contributed by atoms with Crippen LogP contribution >= 0.6 is 23.2 Å². The second-order valence-electron chi connectivity index (χ2n) is 5.82. The molecule has 2 bridgehead atoms. The molecule has 0 aromatic heterocycles. The van der Waals surface area contributed by atoms with Gasteiger partial charge in [-0.05, 0) is 18.2 Å². The van der Waals surface area contributed by atoms with Crippen molar-refractivity contribution in [1.29, 1.82) is 0 Å². The summed E-state index contributed by atoms with van der Waals surface area (Å²) in [7, 11) is 0. The van der Waals surface area contributed by atoms with E-state index in [-0.39, 0.29) is 36.2 Å². The summed E-state index contributed by atoms with van der Waals surface area (Å²) in [4.78, 5) is 26.5. The first-order valence-corrected chi connectivity index (χ1v) is 7.47. The van der Waals surface area contributed by atoms with Crippen LogP contribution in [0.2, 0.25) is 10.0 Å². The molecule has 0 N–H and O–H groups in total. The van der Waals surface area contributed by atoms with Crippen molar-refractivity contribution in [3.8, 4) is 0 Å². The fourth-order valence-corrected chi connectivity index (χ4v) is 4.42. The number of imide groups is 1. The van der Waals surface area contributed by atoms with Gasteiger partial charge in [0.15, 0.2) is 0 Å². The van der Waals surface area contributed by atoms with Crippen LogP contribution in [0, 0.1) is 11.8 Å². The zero-order chi connectivity index (χ0) is 14.5. The topological polar surface area (TPSA) is 59.1 Å². The van der Waals surface area contributed by atoms with Gasteiger partial charge < -0.3 is 9.47 Å². The Morgan fingerprint density at radius 1 is 0.810 bits per heavy atom. The second-order valence-corrected chi connectivity index (χ2v) is 6.69. The summed E-state index contributed by atoms with van der Waals surface area (Å²) in [5, 5.41) is 0.779. The molecule has 0 radical (unpaired) electrons. The number of fused-ring (bicyclic) bond motifs is 8. The molecule has 6 atom stereocenters. The molecule has 0 spiro atoms. The predicted octanol–water partition coefficient (Wildman–Crippen LogP) is 1.65. The van der Waals surface area contributed by atoms with E-state index in [0.29, 0.717) is 15.7 Å². The first kappa shape index (κ1) is 12.4. The average Bonchev–Trinajstić information content (AvgIpc) is 2.92. The van der Waals surface area contributed by atoms with E-state index >= 15 is 0 Å². The van der Waals surface area contributed by atoms with Crippen LogP contribution in [0.25, 0.3) is 0 Å². The molecule has 7 heteroatoms. The SMILES string of the molecule is O=C1[C@@H]2[C@@H]3O[C@@H]([C@@H]4O[C@@H]43)[C@@H]2C(=O)N1c1cc(Cl)cc(Cl)c1. The van der Waals surface area contributed by atoms with Gasteiger partial charge in [0.1, 0.15) is 12.2 Å². The number of halogens is 2. The smallest absolute Gasteiger partial charge is 0.240 e. The summed E-state index contributed by atoms with van der Waals surface area (Å²) >= 11 is 11.9. The number of ether oxygens (including phenoxy) is 2. The van der Waals surface area contributed by atoms with Crippen LogP contribution in [0.5, 0.6) is 0 Å². The van der Waals surface area contributed by atoms with Crippen LogP contribution in [0.3, 0.4) is 0 Å². The van der Waals surface area contributed by atoms with Crippen molar-refractivity contribution >= 4 is 40.7 Å². The maximum Gasteiger partial charge on any atom is 0.240 e. The van der Waals surface area contributed by atoms with Crippen LogP contribution in [-0.2, 0) is 19.1 Å². The van der Waals surface area contributed by atoms with Crippen molar-refractivity contribution in [2.75, 3.05) is 4.90 Å². The minimum absolute atomic E-state index is 0.0177. The summed E-state index contributed by atoms with van der Waals surface area (Å²) in [6.45, 7) is 0. The van der Waals surface area contributed by atoms with E-state index in [9.17, 15) is 9.59 Å². The molecule has 0 saturated carbocycles. The molecule has 0 unspecified atom stereocenters. The lowest BCUT2D eigenvalue weighted by molar-refractivity contribution is -0.126. The highest BCUT2D eigenvalue weighted by molar-refractivity contribution is 6.35. The summed E-state index contributed by atoms with van der Waals surface area (Å²) in [6, 6.07) is 4.71. The zero-order valence-electron chi connectivity index (χ0n) is 10.5. The molecule has 4 aliphatic rings. The summed E-state index contributed by atoms with van der Waals surface area (Å²) in [5.74, 6) is -1.37. The molecule has 108 valence electrons. The van der Waals surface area contributed by atoms with Gasteiger partial charge in [-0.3, -0.25) is 9.59 Å².